The summed E-state index contributed by atoms with van der Waals surface area (Å²) in [4.78, 5) is 0. The Bertz CT molecular complexity index is 303. The zero-order valence-corrected chi connectivity index (χ0v) is 11.4. The van der Waals surface area contributed by atoms with Gasteiger partial charge in [-0.25, -0.2) is 12.7 Å². The van der Waals surface area contributed by atoms with Crippen molar-refractivity contribution in [3.63, 3.8) is 0 Å². The summed E-state index contributed by atoms with van der Waals surface area (Å²) in [6.07, 6.45) is 3.47. The maximum Gasteiger partial charge on any atom is 0.211 e. The van der Waals surface area contributed by atoms with Crippen molar-refractivity contribution in [2.24, 2.45) is 11.8 Å². The van der Waals surface area contributed by atoms with E-state index < -0.39 is 10.0 Å². The highest BCUT2D eigenvalue weighted by molar-refractivity contribution is 7.88. The second-order valence-corrected chi connectivity index (χ2v) is 6.93. The van der Waals surface area contributed by atoms with Gasteiger partial charge >= 0.3 is 0 Å². The molecule has 0 aromatic rings. The van der Waals surface area contributed by atoms with Crippen molar-refractivity contribution in [1.82, 2.24) is 9.62 Å². The molecule has 1 saturated heterocycles. The lowest BCUT2D eigenvalue weighted by Crippen LogP contribution is -2.31. The first-order chi connectivity index (χ1) is 7.43. The van der Waals surface area contributed by atoms with Gasteiger partial charge in [0.25, 0.3) is 0 Å². The second kappa shape index (κ2) is 5.98. The molecule has 0 saturated carbocycles. The van der Waals surface area contributed by atoms with Gasteiger partial charge in [0.2, 0.25) is 10.0 Å². The quantitative estimate of drug-likeness (QED) is 0.760. The first kappa shape index (κ1) is 13.9. The second-order valence-electron chi connectivity index (χ2n) is 4.95. The van der Waals surface area contributed by atoms with Crippen molar-refractivity contribution in [1.29, 1.82) is 0 Å². The van der Waals surface area contributed by atoms with E-state index in [0.29, 0.717) is 24.9 Å². The zero-order chi connectivity index (χ0) is 12.2. The van der Waals surface area contributed by atoms with Crippen molar-refractivity contribution < 1.29 is 8.42 Å². The van der Waals surface area contributed by atoms with Gasteiger partial charge in [-0.2, -0.15) is 0 Å². The molecule has 1 N–H and O–H groups in total. The Kier molecular flexibility index (Phi) is 5.21. The van der Waals surface area contributed by atoms with Crippen LogP contribution >= 0.6 is 0 Å². The van der Waals surface area contributed by atoms with Gasteiger partial charge in [-0.05, 0) is 31.3 Å². The average Bonchev–Trinajstić information content (AvgIpc) is 2.65. The van der Waals surface area contributed by atoms with Crippen LogP contribution in [0.5, 0.6) is 0 Å². The Morgan fingerprint density at radius 2 is 2.19 bits per heavy atom. The number of hydrogen-bond donors (Lipinski definition) is 1. The minimum atomic E-state index is -2.98. The van der Waals surface area contributed by atoms with Gasteiger partial charge in [-0.1, -0.05) is 20.3 Å². The van der Waals surface area contributed by atoms with Gasteiger partial charge in [0.1, 0.15) is 0 Å². The summed E-state index contributed by atoms with van der Waals surface area (Å²) in [5.41, 5.74) is 0. The summed E-state index contributed by atoms with van der Waals surface area (Å²) in [6, 6.07) is 0. The number of hydrogen-bond acceptors (Lipinski definition) is 3. The number of nitrogens with zero attached hydrogens (tertiary/aromatic N) is 1. The first-order valence-corrected chi connectivity index (χ1v) is 7.94. The van der Waals surface area contributed by atoms with Crippen molar-refractivity contribution >= 4 is 10.0 Å². The minimum absolute atomic E-state index is 0.485. The third-order valence-electron chi connectivity index (χ3n) is 3.34. The number of nitrogens with one attached hydrogen (secondary N) is 1. The molecule has 0 radical (unpaired) electrons. The molecule has 1 heterocycles. The van der Waals surface area contributed by atoms with E-state index in [1.54, 1.807) is 4.31 Å². The molecule has 2 atom stereocenters. The van der Waals surface area contributed by atoms with Crippen LogP contribution in [-0.4, -0.2) is 45.2 Å². The highest BCUT2D eigenvalue weighted by Crippen LogP contribution is 2.17. The van der Waals surface area contributed by atoms with Crippen LogP contribution in [0.4, 0.5) is 0 Å². The molecule has 1 rings (SSSR count). The molecular formula is C11H24N2O2S. The molecule has 1 aliphatic rings. The largest absolute Gasteiger partial charge is 0.316 e. The van der Waals surface area contributed by atoms with Crippen LogP contribution in [0.3, 0.4) is 0 Å². The summed E-state index contributed by atoms with van der Waals surface area (Å²) >= 11 is 0. The van der Waals surface area contributed by atoms with E-state index in [9.17, 15) is 8.42 Å². The van der Waals surface area contributed by atoms with Crippen LogP contribution in [0, 0.1) is 11.8 Å². The lowest BCUT2D eigenvalue weighted by molar-refractivity contribution is 0.427. The van der Waals surface area contributed by atoms with E-state index in [-0.39, 0.29) is 0 Å². The van der Waals surface area contributed by atoms with Gasteiger partial charge in [0, 0.05) is 13.1 Å². The number of sulfonamides is 1. The Hall–Kier alpha value is -0.130. The summed E-state index contributed by atoms with van der Waals surface area (Å²) in [5, 5.41) is 3.43. The Morgan fingerprint density at radius 3 is 2.69 bits per heavy atom. The van der Waals surface area contributed by atoms with Gasteiger partial charge in [0.15, 0.2) is 0 Å². The van der Waals surface area contributed by atoms with Crippen molar-refractivity contribution in [3.05, 3.63) is 0 Å². The molecule has 0 bridgehead atoms. The van der Waals surface area contributed by atoms with E-state index in [2.05, 4.69) is 19.2 Å². The SMILES string of the molecule is CCC(C)CNCC1CCN(S(C)(=O)=O)C1. The van der Waals surface area contributed by atoms with Crippen molar-refractivity contribution in [2.45, 2.75) is 26.7 Å². The first-order valence-electron chi connectivity index (χ1n) is 6.09. The molecular weight excluding hydrogens is 224 g/mol. The Morgan fingerprint density at radius 1 is 1.50 bits per heavy atom. The molecule has 1 fully saturated rings. The fraction of sp³-hybridized carbons (Fsp3) is 1.00. The van der Waals surface area contributed by atoms with Crippen molar-refractivity contribution in [2.75, 3.05) is 32.4 Å². The molecule has 5 heteroatoms. The van der Waals surface area contributed by atoms with E-state index >= 15 is 0 Å². The monoisotopic (exact) mass is 248 g/mol. The van der Waals surface area contributed by atoms with Gasteiger partial charge in [-0.15, -0.1) is 0 Å². The lowest BCUT2D eigenvalue weighted by Gasteiger charge is -2.15. The van der Waals surface area contributed by atoms with Gasteiger partial charge in [0.05, 0.1) is 6.26 Å². The predicted octanol–water partition coefficient (Wildman–Crippen LogP) is 0.904. The standard InChI is InChI=1S/C11H24N2O2S/c1-4-10(2)7-12-8-11-5-6-13(9-11)16(3,14)15/h10-12H,4-9H2,1-3H3. The zero-order valence-electron chi connectivity index (χ0n) is 10.6. The average molecular weight is 248 g/mol. The molecule has 2 unspecified atom stereocenters. The fourth-order valence-electron chi connectivity index (χ4n) is 1.94. The summed E-state index contributed by atoms with van der Waals surface area (Å²) in [7, 11) is -2.98. The van der Waals surface area contributed by atoms with Crippen LogP contribution in [-0.2, 0) is 10.0 Å². The maximum absolute atomic E-state index is 11.3. The Labute approximate surface area is 99.5 Å². The molecule has 0 aromatic carbocycles. The predicted molar refractivity (Wildman–Crippen MR) is 66.8 cm³/mol. The van der Waals surface area contributed by atoms with Crippen molar-refractivity contribution in [3.8, 4) is 0 Å². The fourth-order valence-corrected chi connectivity index (χ4v) is 2.86. The van der Waals surface area contributed by atoms with E-state index in [4.69, 9.17) is 0 Å². The van der Waals surface area contributed by atoms with Gasteiger partial charge < -0.3 is 5.32 Å². The minimum Gasteiger partial charge on any atom is -0.316 e. The van der Waals surface area contributed by atoms with E-state index in [0.717, 1.165) is 19.5 Å². The van der Waals surface area contributed by atoms with E-state index in [1.165, 1.54) is 12.7 Å². The number of rotatable bonds is 6. The van der Waals surface area contributed by atoms with E-state index in [1.807, 2.05) is 0 Å². The molecule has 4 nitrogen and oxygen atoms in total. The van der Waals surface area contributed by atoms with Crippen LogP contribution in [0.2, 0.25) is 0 Å². The Balaban J connectivity index is 2.22. The third-order valence-corrected chi connectivity index (χ3v) is 4.61. The van der Waals surface area contributed by atoms with Crippen LogP contribution in [0.25, 0.3) is 0 Å². The normalized spacial score (nSPS) is 24.8. The maximum atomic E-state index is 11.3. The molecule has 16 heavy (non-hydrogen) atoms. The summed E-state index contributed by atoms with van der Waals surface area (Å²) in [6.45, 7) is 7.76. The lowest BCUT2D eigenvalue weighted by atomic mass is 10.1. The molecule has 0 aromatic heterocycles. The van der Waals surface area contributed by atoms with Crippen LogP contribution in [0.15, 0.2) is 0 Å². The molecule has 96 valence electrons. The topological polar surface area (TPSA) is 49.4 Å². The van der Waals surface area contributed by atoms with Crippen LogP contribution < -0.4 is 5.32 Å². The molecule has 1 aliphatic heterocycles. The smallest absolute Gasteiger partial charge is 0.211 e. The highest BCUT2D eigenvalue weighted by atomic mass is 32.2. The molecule has 0 spiro atoms. The van der Waals surface area contributed by atoms with Gasteiger partial charge in [-0.3, -0.25) is 0 Å². The highest BCUT2D eigenvalue weighted by Gasteiger charge is 2.27. The summed E-state index contributed by atoms with van der Waals surface area (Å²) in [5.74, 6) is 1.19. The molecule has 0 aliphatic carbocycles. The molecule has 0 amide bonds. The van der Waals surface area contributed by atoms with Crippen LogP contribution in [0.1, 0.15) is 26.7 Å². The summed E-state index contributed by atoms with van der Waals surface area (Å²) < 4.78 is 24.2. The third kappa shape index (κ3) is 4.39.